The quantitative estimate of drug-likeness (QED) is 0.776. The monoisotopic (exact) mass is 362 g/mol. The van der Waals surface area contributed by atoms with Crippen LogP contribution in [0.15, 0.2) is 48.7 Å². The fraction of sp³-hybridized carbons (Fsp3) is 0.364. The van der Waals surface area contributed by atoms with Crippen LogP contribution >= 0.6 is 0 Å². The summed E-state index contributed by atoms with van der Waals surface area (Å²) < 4.78 is 2.13. The number of hydrogen-bond donors (Lipinski definition) is 1. The van der Waals surface area contributed by atoms with Crippen LogP contribution in [0, 0.1) is 13.8 Å². The van der Waals surface area contributed by atoms with Crippen molar-refractivity contribution in [2.45, 2.75) is 39.3 Å². The summed E-state index contributed by atoms with van der Waals surface area (Å²) >= 11 is 0. The number of aryl methyl sites for hydroxylation is 2. The van der Waals surface area contributed by atoms with E-state index in [0.29, 0.717) is 5.92 Å². The molecule has 1 N–H and O–H groups in total. The van der Waals surface area contributed by atoms with Crippen LogP contribution in [0.5, 0.6) is 0 Å². The van der Waals surface area contributed by atoms with E-state index in [-0.39, 0.29) is 11.9 Å². The molecule has 0 spiro atoms. The molecule has 2 atom stereocenters. The van der Waals surface area contributed by atoms with E-state index >= 15 is 0 Å². The molecule has 0 bridgehead atoms. The number of benzene rings is 1. The molecule has 1 amide bonds. The average molecular weight is 362 g/mol. The highest BCUT2D eigenvalue weighted by Gasteiger charge is 2.34. The molecule has 1 saturated heterocycles. The van der Waals surface area contributed by atoms with Gasteiger partial charge in [-0.05, 0) is 31.5 Å². The first kappa shape index (κ1) is 17.7. The summed E-state index contributed by atoms with van der Waals surface area (Å²) in [5, 5.41) is 3.16. The smallest absolute Gasteiger partial charge is 0.217 e. The largest absolute Gasteiger partial charge is 0.352 e. The number of nitrogens with one attached hydrogen (secondary N) is 1. The van der Waals surface area contributed by atoms with Crippen molar-refractivity contribution in [2.24, 2.45) is 0 Å². The molecule has 5 heteroatoms. The van der Waals surface area contributed by atoms with Crippen LogP contribution in [0.4, 0.5) is 0 Å². The lowest BCUT2D eigenvalue weighted by Crippen LogP contribution is -2.38. The summed E-state index contributed by atoms with van der Waals surface area (Å²) in [4.78, 5) is 18.9. The van der Waals surface area contributed by atoms with Gasteiger partial charge in [0.1, 0.15) is 5.82 Å². The highest BCUT2D eigenvalue weighted by molar-refractivity contribution is 5.73. The molecule has 3 heterocycles. The van der Waals surface area contributed by atoms with Crippen LogP contribution in [0.25, 0.3) is 5.52 Å². The number of nitrogens with zero attached hydrogens (tertiary/aromatic N) is 3. The van der Waals surface area contributed by atoms with Crippen LogP contribution in [-0.2, 0) is 11.3 Å². The van der Waals surface area contributed by atoms with Crippen molar-refractivity contribution in [1.29, 1.82) is 0 Å². The lowest BCUT2D eigenvalue weighted by atomic mass is 9.93. The summed E-state index contributed by atoms with van der Waals surface area (Å²) in [6.45, 7) is 8.28. The summed E-state index contributed by atoms with van der Waals surface area (Å²) in [5.41, 5.74) is 4.79. The van der Waals surface area contributed by atoms with Crippen LogP contribution < -0.4 is 5.32 Å². The van der Waals surface area contributed by atoms with E-state index in [1.165, 1.54) is 11.1 Å². The van der Waals surface area contributed by atoms with Gasteiger partial charge >= 0.3 is 0 Å². The molecular weight excluding hydrogens is 336 g/mol. The van der Waals surface area contributed by atoms with Crippen molar-refractivity contribution in [3.63, 3.8) is 0 Å². The molecule has 27 heavy (non-hydrogen) atoms. The molecule has 1 fully saturated rings. The zero-order valence-electron chi connectivity index (χ0n) is 16.1. The average Bonchev–Trinajstić information content (AvgIpc) is 3.17. The third kappa shape index (κ3) is 3.60. The molecule has 140 valence electrons. The number of rotatable bonds is 4. The first-order valence-corrected chi connectivity index (χ1v) is 9.50. The van der Waals surface area contributed by atoms with Crippen molar-refractivity contribution in [3.8, 4) is 0 Å². The molecular formula is C22H26N4O. The van der Waals surface area contributed by atoms with E-state index in [1.54, 1.807) is 6.92 Å². The fourth-order valence-electron chi connectivity index (χ4n) is 4.17. The number of carbonyl (C=O) groups is 1. The van der Waals surface area contributed by atoms with Gasteiger partial charge in [-0.15, -0.1) is 0 Å². The third-order valence-electron chi connectivity index (χ3n) is 5.46. The second-order valence-electron chi connectivity index (χ2n) is 7.58. The fourth-order valence-corrected chi connectivity index (χ4v) is 4.17. The summed E-state index contributed by atoms with van der Waals surface area (Å²) in [7, 11) is 0. The maximum atomic E-state index is 11.7. The topological polar surface area (TPSA) is 49.6 Å². The Hall–Kier alpha value is -2.66. The van der Waals surface area contributed by atoms with E-state index in [9.17, 15) is 4.79 Å². The SMILES string of the molecule is CC(=O)NC1CN(Cc2nc(C)n3ccccc23)CC1c1ccc(C)cc1. The molecule has 0 aliphatic carbocycles. The molecule has 1 aliphatic rings. The second kappa shape index (κ2) is 7.16. The molecule has 0 radical (unpaired) electrons. The lowest BCUT2D eigenvalue weighted by molar-refractivity contribution is -0.119. The Morgan fingerprint density at radius 2 is 1.93 bits per heavy atom. The number of fused-ring (bicyclic) bond motifs is 1. The highest BCUT2D eigenvalue weighted by atomic mass is 16.1. The normalized spacial score (nSPS) is 20.3. The zero-order valence-corrected chi connectivity index (χ0v) is 16.1. The predicted molar refractivity (Wildman–Crippen MR) is 107 cm³/mol. The maximum absolute atomic E-state index is 11.7. The first-order chi connectivity index (χ1) is 13.0. The van der Waals surface area contributed by atoms with E-state index in [2.05, 4.69) is 64.1 Å². The second-order valence-corrected chi connectivity index (χ2v) is 7.58. The molecule has 2 unspecified atom stereocenters. The number of imidazole rings is 1. The van der Waals surface area contributed by atoms with Gasteiger partial charge in [0.25, 0.3) is 0 Å². The molecule has 5 nitrogen and oxygen atoms in total. The minimum Gasteiger partial charge on any atom is -0.352 e. The molecule has 0 saturated carbocycles. The van der Waals surface area contributed by atoms with Gasteiger partial charge in [0.15, 0.2) is 0 Å². The number of carbonyl (C=O) groups excluding carboxylic acids is 1. The van der Waals surface area contributed by atoms with E-state index in [4.69, 9.17) is 4.98 Å². The van der Waals surface area contributed by atoms with Gasteiger partial charge < -0.3 is 9.72 Å². The van der Waals surface area contributed by atoms with Gasteiger partial charge in [-0.1, -0.05) is 35.9 Å². The number of pyridine rings is 1. The van der Waals surface area contributed by atoms with Crippen molar-refractivity contribution in [3.05, 3.63) is 71.3 Å². The summed E-state index contributed by atoms with van der Waals surface area (Å²) in [6.07, 6.45) is 2.06. The molecule has 1 aromatic carbocycles. The Morgan fingerprint density at radius 1 is 1.15 bits per heavy atom. The Labute approximate surface area is 160 Å². The van der Waals surface area contributed by atoms with Gasteiger partial charge in [-0.2, -0.15) is 0 Å². The van der Waals surface area contributed by atoms with E-state index < -0.39 is 0 Å². The molecule has 3 aromatic rings. The van der Waals surface area contributed by atoms with Crippen molar-refractivity contribution < 1.29 is 4.79 Å². The number of aromatic nitrogens is 2. The van der Waals surface area contributed by atoms with Crippen molar-refractivity contribution in [2.75, 3.05) is 13.1 Å². The number of amides is 1. The van der Waals surface area contributed by atoms with Gasteiger partial charge in [0, 0.05) is 44.7 Å². The summed E-state index contributed by atoms with van der Waals surface area (Å²) in [5.74, 6) is 1.33. The van der Waals surface area contributed by atoms with Gasteiger partial charge in [-0.3, -0.25) is 9.69 Å². The van der Waals surface area contributed by atoms with Gasteiger partial charge in [-0.25, -0.2) is 4.98 Å². The number of likely N-dealkylation sites (tertiary alicyclic amines) is 1. The standard InChI is InChI=1S/C22H26N4O/c1-15-7-9-18(10-8-15)19-12-25(13-20(19)24-17(3)27)14-21-22-6-4-5-11-26(22)16(2)23-21/h4-11,19-20H,12-14H2,1-3H3,(H,24,27). The van der Waals surface area contributed by atoms with Crippen LogP contribution in [0.3, 0.4) is 0 Å². The van der Waals surface area contributed by atoms with Crippen LogP contribution in [0.2, 0.25) is 0 Å². The first-order valence-electron chi connectivity index (χ1n) is 9.50. The minimum absolute atomic E-state index is 0.0299. The van der Waals surface area contributed by atoms with Crippen molar-refractivity contribution in [1.82, 2.24) is 19.6 Å². The summed E-state index contributed by atoms with van der Waals surface area (Å²) in [6, 6.07) is 15.0. The molecule has 2 aromatic heterocycles. The Balaban J connectivity index is 1.58. The Kier molecular flexibility index (Phi) is 4.70. The van der Waals surface area contributed by atoms with Gasteiger partial charge in [0.2, 0.25) is 5.91 Å². The van der Waals surface area contributed by atoms with Crippen molar-refractivity contribution >= 4 is 11.4 Å². The van der Waals surface area contributed by atoms with Gasteiger partial charge in [0.05, 0.1) is 11.2 Å². The third-order valence-corrected chi connectivity index (χ3v) is 5.46. The maximum Gasteiger partial charge on any atom is 0.217 e. The Morgan fingerprint density at radius 3 is 2.67 bits per heavy atom. The Bertz CT molecular complexity index is 960. The van der Waals surface area contributed by atoms with Crippen LogP contribution in [-0.4, -0.2) is 39.3 Å². The molecule has 1 aliphatic heterocycles. The zero-order chi connectivity index (χ0) is 19.0. The number of hydrogen-bond acceptors (Lipinski definition) is 3. The predicted octanol–water partition coefficient (Wildman–Crippen LogP) is 3.06. The highest BCUT2D eigenvalue weighted by Crippen LogP contribution is 2.29. The lowest BCUT2D eigenvalue weighted by Gasteiger charge is -2.19. The molecule has 4 rings (SSSR count). The van der Waals surface area contributed by atoms with E-state index in [1.807, 2.05) is 13.0 Å². The van der Waals surface area contributed by atoms with Crippen LogP contribution in [0.1, 0.15) is 35.5 Å². The van der Waals surface area contributed by atoms with E-state index in [0.717, 1.165) is 36.7 Å². The minimum atomic E-state index is 0.0299.